The van der Waals surface area contributed by atoms with E-state index in [-0.39, 0.29) is 12.1 Å². The van der Waals surface area contributed by atoms with Crippen LogP contribution in [-0.2, 0) is 20.5 Å². The van der Waals surface area contributed by atoms with Gasteiger partial charge in [0.05, 0.1) is 11.9 Å². The molecule has 2 aromatic rings. The SMILES string of the molecule is COC(CNS(=O)(=O)Cc1cc(F)cc(F)c1)c1ccccc1C. The van der Waals surface area contributed by atoms with Crippen molar-refractivity contribution in [3.8, 4) is 0 Å². The summed E-state index contributed by atoms with van der Waals surface area (Å²) in [6.07, 6.45) is -0.453. The largest absolute Gasteiger partial charge is 0.375 e. The lowest BCUT2D eigenvalue weighted by Gasteiger charge is -2.18. The quantitative estimate of drug-likeness (QED) is 0.830. The number of benzene rings is 2. The fourth-order valence-electron chi connectivity index (χ4n) is 2.44. The summed E-state index contributed by atoms with van der Waals surface area (Å²) in [6.45, 7) is 1.94. The second-order valence-corrected chi connectivity index (χ2v) is 7.27. The minimum Gasteiger partial charge on any atom is -0.375 e. The number of aryl methyl sites for hydroxylation is 1. The molecule has 0 aliphatic carbocycles. The smallest absolute Gasteiger partial charge is 0.215 e. The number of nitrogens with one attached hydrogen (secondary N) is 1. The molecule has 0 radical (unpaired) electrons. The Labute approximate surface area is 140 Å². The van der Waals surface area contributed by atoms with Crippen molar-refractivity contribution in [2.45, 2.75) is 18.8 Å². The average molecular weight is 355 g/mol. The van der Waals surface area contributed by atoms with Gasteiger partial charge in [-0.25, -0.2) is 21.9 Å². The number of methoxy groups -OCH3 is 1. The van der Waals surface area contributed by atoms with Crippen molar-refractivity contribution in [3.63, 3.8) is 0 Å². The van der Waals surface area contributed by atoms with Gasteiger partial charge in [0.1, 0.15) is 11.6 Å². The van der Waals surface area contributed by atoms with E-state index < -0.39 is 33.5 Å². The van der Waals surface area contributed by atoms with E-state index in [1.165, 1.54) is 7.11 Å². The normalized spacial score (nSPS) is 13.0. The maximum Gasteiger partial charge on any atom is 0.215 e. The molecule has 0 aliphatic heterocycles. The summed E-state index contributed by atoms with van der Waals surface area (Å²) in [4.78, 5) is 0. The Balaban J connectivity index is 2.07. The van der Waals surface area contributed by atoms with Gasteiger partial charge in [-0.3, -0.25) is 0 Å². The van der Waals surface area contributed by atoms with Crippen LogP contribution >= 0.6 is 0 Å². The summed E-state index contributed by atoms with van der Waals surface area (Å²) in [5, 5.41) is 0. The van der Waals surface area contributed by atoms with Crippen molar-refractivity contribution in [2.24, 2.45) is 0 Å². The third kappa shape index (κ3) is 5.09. The highest BCUT2D eigenvalue weighted by Gasteiger charge is 2.18. The molecule has 24 heavy (non-hydrogen) atoms. The third-order valence-electron chi connectivity index (χ3n) is 3.59. The van der Waals surface area contributed by atoms with E-state index in [0.717, 1.165) is 23.3 Å². The highest BCUT2D eigenvalue weighted by Crippen LogP contribution is 2.20. The lowest BCUT2D eigenvalue weighted by atomic mass is 10.0. The Morgan fingerprint density at radius 3 is 2.33 bits per heavy atom. The Kier molecular flexibility index (Phi) is 6.04. The van der Waals surface area contributed by atoms with E-state index in [9.17, 15) is 17.2 Å². The first-order valence-electron chi connectivity index (χ1n) is 7.31. The van der Waals surface area contributed by atoms with Crippen molar-refractivity contribution in [2.75, 3.05) is 13.7 Å². The zero-order chi connectivity index (χ0) is 17.7. The Morgan fingerprint density at radius 1 is 1.12 bits per heavy atom. The summed E-state index contributed by atoms with van der Waals surface area (Å²) in [7, 11) is -2.26. The van der Waals surface area contributed by atoms with Gasteiger partial charge in [-0.1, -0.05) is 24.3 Å². The molecule has 0 saturated carbocycles. The first kappa shape index (κ1) is 18.5. The van der Waals surface area contributed by atoms with E-state index in [0.29, 0.717) is 6.07 Å². The average Bonchev–Trinajstić information content (AvgIpc) is 2.47. The molecule has 1 atom stereocenters. The fraction of sp³-hybridized carbons (Fsp3) is 0.294. The van der Waals surface area contributed by atoms with Crippen LogP contribution in [0.15, 0.2) is 42.5 Å². The molecule has 1 unspecified atom stereocenters. The lowest BCUT2D eigenvalue weighted by Crippen LogP contribution is -2.30. The molecule has 0 amide bonds. The second kappa shape index (κ2) is 7.83. The monoisotopic (exact) mass is 355 g/mol. The van der Waals surface area contributed by atoms with Crippen LogP contribution < -0.4 is 4.72 Å². The number of rotatable bonds is 7. The molecule has 0 aromatic heterocycles. The number of sulfonamides is 1. The number of hydrogen-bond donors (Lipinski definition) is 1. The van der Waals surface area contributed by atoms with E-state index in [2.05, 4.69) is 4.72 Å². The Hall–Kier alpha value is -1.83. The molecular weight excluding hydrogens is 336 g/mol. The van der Waals surface area contributed by atoms with Gasteiger partial charge < -0.3 is 4.74 Å². The Bertz CT molecular complexity index is 789. The molecule has 0 fully saturated rings. The van der Waals surface area contributed by atoms with Crippen LogP contribution in [0.1, 0.15) is 22.8 Å². The maximum absolute atomic E-state index is 13.2. The van der Waals surface area contributed by atoms with Crippen molar-refractivity contribution in [1.82, 2.24) is 4.72 Å². The molecule has 2 rings (SSSR count). The van der Waals surface area contributed by atoms with Gasteiger partial charge in [-0.05, 0) is 35.7 Å². The van der Waals surface area contributed by atoms with Crippen LogP contribution in [0.4, 0.5) is 8.78 Å². The summed E-state index contributed by atoms with van der Waals surface area (Å²) in [5.74, 6) is -2.13. The van der Waals surface area contributed by atoms with Gasteiger partial charge in [0, 0.05) is 19.7 Å². The molecule has 0 heterocycles. The summed E-state index contributed by atoms with van der Waals surface area (Å²) >= 11 is 0. The van der Waals surface area contributed by atoms with Crippen LogP contribution in [0.5, 0.6) is 0 Å². The van der Waals surface area contributed by atoms with Gasteiger partial charge in [0.25, 0.3) is 0 Å². The fourth-order valence-corrected chi connectivity index (χ4v) is 3.55. The van der Waals surface area contributed by atoms with Crippen LogP contribution in [0, 0.1) is 18.6 Å². The van der Waals surface area contributed by atoms with Crippen molar-refractivity contribution >= 4 is 10.0 Å². The maximum atomic E-state index is 13.2. The van der Waals surface area contributed by atoms with E-state index >= 15 is 0 Å². The van der Waals surface area contributed by atoms with E-state index in [4.69, 9.17) is 4.74 Å². The van der Waals surface area contributed by atoms with E-state index in [1.807, 2.05) is 31.2 Å². The summed E-state index contributed by atoms with van der Waals surface area (Å²) < 4.78 is 58.4. The third-order valence-corrected chi connectivity index (χ3v) is 4.91. The van der Waals surface area contributed by atoms with Gasteiger partial charge in [0.2, 0.25) is 10.0 Å². The first-order valence-corrected chi connectivity index (χ1v) is 8.96. The number of ether oxygens (including phenoxy) is 1. The molecule has 0 aliphatic rings. The summed E-state index contributed by atoms with van der Waals surface area (Å²) in [5.41, 5.74) is 1.90. The number of halogens is 2. The molecule has 0 saturated heterocycles. The van der Waals surface area contributed by atoms with Crippen LogP contribution in [-0.4, -0.2) is 22.1 Å². The zero-order valence-corrected chi connectivity index (χ0v) is 14.2. The zero-order valence-electron chi connectivity index (χ0n) is 13.4. The molecule has 130 valence electrons. The molecule has 1 N–H and O–H groups in total. The molecule has 0 spiro atoms. The molecule has 2 aromatic carbocycles. The highest BCUT2D eigenvalue weighted by atomic mass is 32.2. The molecular formula is C17H19F2NO3S. The lowest BCUT2D eigenvalue weighted by molar-refractivity contribution is 0.107. The molecule has 7 heteroatoms. The minimum atomic E-state index is -3.76. The van der Waals surface area contributed by atoms with Crippen molar-refractivity contribution < 1.29 is 21.9 Å². The first-order chi connectivity index (χ1) is 11.3. The van der Waals surface area contributed by atoms with Crippen molar-refractivity contribution in [3.05, 3.63) is 70.8 Å². The molecule has 0 bridgehead atoms. The van der Waals surface area contributed by atoms with Crippen molar-refractivity contribution in [1.29, 1.82) is 0 Å². The Morgan fingerprint density at radius 2 is 1.75 bits per heavy atom. The van der Waals surface area contributed by atoms with Gasteiger partial charge in [-0.2, -0.15) is 0 Å². The topological polar surface area (TPSA) is 55.4 Å². The van der Waals surface area contributed by atoms with Crippen LogP contribution in [0.3, 0.4) is 0 Å². The predicted molar refractivity (Wildman–Crippen MR) is 87.9 cm³/mol. The highest BCUT2D eigenvalue weighted by molar-refractivity contribution is 7.88. The van der Waals surface area contributed by atoms with E-state index in [1.54, 1.807) is 0 Å². The van der Waals surface area contributed by atoms with Crippen LogP contribution in [0.2, 0.25) is 0 Å². The minimum absolute atomic E-state index is 0.0293. The predicted octanol–water partition coefficient (Wildman–Crippen LogP) is 3.08. The second-order valence-electron chi connectivity index (χ2n) is 5.47. The summed E-state index contributed by atoms with van der Waals surface area (Å²) in [6, 6.07) is 10.2. The van der Waals surface area contributed by atoms with Gasteiger partial charge >= 0.3 is 0 Å². The van der Waals surface area contributed by atoms with Gasteiger partial charge in [0.15, 0.2) is 0 Å². The standard InChI is InChI=1S/C17H19F2NO3S/c1-12-5-3-4-6-16(12)17(23-2)10-20-24(21,22)11-13-7-14(18)9-15(19)8-13/h3-9,17,20H,10-11H2,1-2H3. The number of hydrogen-bond acceptors (Lipinski definition) is 3. The van der Waals surface area contributed by atoms with Gasteiger partial charge in [-0.15, -0.1) is 0 Å². The molecule has 4 nitrogen and oxygen atoms in total. The van der Waals surface area contributed by atoms with Crippen LogP contribution in [0.25, 0.3) is 0 Å².